The van der Waals surface area contributed by atoms with Gasteiger partial charge in [0.15, 0.2) is 0 Å². The molecule has 0 spiro atoms. The fraction of sp³-hybridized carbons (Fsp3) is 0.536. The van der Waals surface area contributed by atoms with E-state index in [9.17, 15) is 0 Å². The first-order chi connectivity index (χ1) is 16.1. The Labute approximate surface area is 198 Å². The number of hydrogen-bond acceptors (Lipinski definition) is 5. The van der Waals surface area contributed by atoms with Gasteiger partial charge in [0.2, 0.25) is 5.82 Å². The highest BCUT2D eigenvalue weighted by Gasteiger charge is 2.21. The molecule has 0 aliphatic heterocycles. The van der Waals surface area contributed by atoms with Crippen LogP contribution in [0, 0.1) is 13.8 Å². The van der Waals surface area contributed by atoms with Crippen LogP contribution in [-0.4, -0.2) is 21.7 Å². The first-order valence-corrected chi connectivity index (χ1v) is 12.7. The van der Waals surface area contributed by atoms with Gasteiger partial charge in [0, 0.05) is 28.4 Å². The van der Waals surface area contributed by atoms with E-state index >= 15 is 0 Å². The smallest absolute Gasteiger partial charge is 0.258 e. The quantitative estimate of drug-likeness (QED) is 0.300. The summed E-state index contributed by atoms with van der Waals surface area (Å²) in [7, 11) is 0. The van der Waals surface area contributed by atoms with Crippen LogP contribution < -0.4 is 4.74 Å². The lowest BCUT2D eigenvalue weighted by Gasteiger charge is -2.14. The lowest BCUT2D eigenvalue weighted by Crippen LogP contribution is -2.02. The highest BCUT2D eigenvalue weighted by atomic mass is 16.5. The van der Waals surface area contributed by atoms with Gasteiger partial charge in [-0.1, -0.05) is 51.1 Å². The molecule has 1 aromatic carbocycles. The van der Waals surface area contributed by atoms with E-state index in [2.05, 4.69) is 44.1 Å². The van der Waals surface area contributed by atoms with Crippen molar-refractivity contribution in [3.05, 3.63) is 46.8 Å². The first kappa shape index (κ1) is 23.5. The van der Waals surface area contributed by atoms with Crippen LogP contribution in [-0.2, 0) is 6.42 Å². The Morgan fingerprint density at radius 1 is 0.939 bits per heavy atom. The van der Waals surface area contributed by atoms with Crippen molar-refractivity contribution in [1.29, 1.82) is 0 Å². The number of ether oxygens (including phenoxy) is 1. The third kappa shape index (κ3) is 5.63. The predicted octanol–water partition coefficient (Wildman–Crippen LogP) is 7.59. The maximum absolute atomic E-state index is 6.17. The summed E-state index contributed by atoms with van der Waals surface area (Å²) in [5, 5.41) is 4.31. The maximum atomic E-state index is 6.17. The molecule has 5 nitrogen and oxygen atoms in total. The summed E-state index contributed by atoms with van der Waals surface area (Å²) in [6.07, 6.45) is 10.7. The minimum Gasteiger partial charge on any atom is -0.493 e. The van der Waals surface area contributed by atoms with Crippen molar-refractivity contribution in [3.8, 4) is 28.6 Å². The molecule has 0 atom stereocenters. The number of aromatic nitrogens is 3. The minimum absolute atomic E-state index is 0.551. The van der Waals surface area contributed by atoms with Crippen molar-refractivity contribution in [2.24, 2.45) is 0 Å². The molecule has 5 heteroatoms. The van der Waals surface area contributed by atoms with Crippen molar-refractivity contribution in [3.63, 3.8) is 0 Å². The van der Waals surface area contributed by atoms with Gasteiger partial charge in [-0.15, -0.1) is 0 Å². The van der Waals surface area contributed by atoms with E-state index < -0.39 is 0 Å². The zero-order chi connectivity index (χ0) is 23.2. The van der Waals surface area contributed by atoms with Crippen LogP contribution in [0.4, 0.5) is 0 Å². The molecule has 33 heavy (non-hydrogen) atoms. The second-order valence-corrected chi connectivity index (χ2v) is 9.37. The molecule has 2 heterocycles. The van der Waals surface area contributed by atoms with Gasteiger partial charge in [0.1, 0.15) is 5.75 Å². The summed E-state index contributed by atoms with van der Waals surface area (Å²) < 4.78 is 11.9. The molecule has 0 unspecified atom stereocenters. The average Bonchev–Trinajstić information content (AvgIpc) is 3.52. The molecular formula is C28H37N3O2. The number of rotatable bonds is 10. The third-order valence-corrected chi connectivity index (χ3v) is 6.65. The van der Waals surface area contributed by atoms with E-state index in [-0.39, 0.29) is 0 Å². The molecule has 3 aromatic rings. The van der Waals surface area contributed by atoms with Crippen LogP contribution in [0.3, 0.4) is 0 Å². The molecule has 1 saturated carbocycles. The minimum atomic E-state index is 0.551. The summed E-state index contributed by atoms with van der Waals surface area (Å²) in [5.74, 6) is 2.73. The van der Waals surface area contributed by atoms with Crippen LogP contribution >= 0.6 is 0 Å². The van der Waals surface area contributed by atoms with E-state index in [4.69, 9.17) is 19.2 Å². The first-order valence-electron chi connectivity index (χ1n) is 12.7. The third-order valence-electron chi connectivity index (χ3n) is 6.65. The molecule has 4 rings (SSSR count). The van der Waals surface area contributed by atoms with Gasteiger partial charge < -0.3 is 9.26 Å². The second kappa shape index (κ2) is 11.0. The zero-order valence-electron chi connectivity index (χ0n) is 20.6. The number of unbranched alkanes of at least 4 members (excludes halogenated alkanes) is 3. The Morgan fingerprint density at radius 3 is 2.52 bits per heavy atom. The van der Waals surface area contributed by atoms with Crippen molar-refractivity contribution >= 4 is 0 Å². The van der Waals surface area contributed by atoms with Gasteiger partial charge >= 0.3 is 0 Å². The lowest BCUT2D eigenvalue weighted by molar-refractivity contribution is 0.300. The van der Waals surface area contributed by atoms with E-state index in [1.165, 1.54) is 50.5 Å². The van der Waals surface area contributed by atoms with Gasteiger partial charge in [-0.05, 0) is 74.9 Å². The predicted molar refractivity (Wildman–Crippen MR) is 133 cm³/mol. The van der Waals surface area contributed by atoms with E-state index in [0.29, 0.717) is 17.6 Å². The van der Waals surface area contributed by atoms with Crippen LogP contribution in [0.2, 0.25) is 0 Å². The zero-order valence-corrected chi connectivity index (χ0v) is 20.6. The number of aryl methyl sites for hydroxylation is 3. The molecule has 1 fully saturated rings. The number of nitrogens with zero attached hydrogens (tertiary/aromatic N) is 3. The summed E-state index contributed by atoms with van der Waals surface area (Å²) in [5.41, 5.74) is 6.40. The Hall–Kier alpha value is -2.69. The fourth-order valence-electron chi connectivity index (χ4n) is 4.85. The molecule has 2 aromatic heterocycles. The van der Waals surface area contributed by atoms with E-state index in [1.54, 1.807) is 0 Å². The van der Waals surface area contributed by atoms with Crippen LogP contribution in [0.15, 0.2) is 28.8 Å². The molecular weight excluding hydrogens is 410 g/mol. The largest absolute Gasteiger partial charge is 0.493 e. The summed E-state index contributed by atoms with van der Waals surface area (Å²) >= 11 is 0. The highest BCUT2D eigenvalue weighted by Crippen LogP contribution is 2.35. The van der Waals surface area contributed by atoms with Crippen molar-refractivity contribution < 1.29 is 9.26 Å². The summed E-state index contributed by atoms with van der Waals surface area (Å²) in [6.45, 7) is 9.30. The SMILES string of the molecule is CCCCCCOc1c(C)cc(-c2noc(-c3cc(C)nc(C4CCCC4)c3)n2)cc1CC. The van der Waals surface area contributed by atoms with Gasteiger partial charge in [0.25, 0.3) is 5.89 Å². The molecule has 0 radical (unpaired) electrons. The number of benzene rings is 1. The molecule has 0 bridgehead atoms. The van der Waals surface area contributed by atoms with E-state index in [0.717, 1.165) is 53.3 Å². The summed E-state index contributed by atoms with van der Waals surface area (Å²) in [4.78, 5) is 9.54. The Bertz CT molecular complexity index is 1070. The molecule has 0 saturated heterocycles. The maximum Gasteiger partial charge on any atom is 0.258 e. The van der Waals surface area contributed by atoms with Crippen molar-refractivity contribution in [2.45, 2.75) is 91.4 Å². The Morgan fingerprint density at radius 2 is 1.76 bits per heavy atom. The van der Waals surface area contributed by atoms with Crippen LogP contribution in [0.1, 0.15) is 93.6 Å². The molecule has 1 aliphatic carbocycles. The molecule has 0 amide bonds. The Kier molecular flexibility index (Phi) is 7.79. The van der Waals surface area contributed by atoms with Gasteiger partial charge in [-0.2, -0.15) is 4.98 Å². The van der Waals surface area contributed by atoms with Crippen molar-refractivity contribution in [2.75, 3.05) is 6.61 Å². The average molecular weight is 448 g/mol. The van der Waals surface area contributed by atoms with Crippen LogP contribution in [0.25, 0.3) is 22.8 Å². The second-order valence-electron chi connectivity index (χ2n) is 9.37. The monoisotopic (exact) mass is 447 g/mol. The van der Waals surface area contributed by atoms with Gasteiger partial charge in [-0.3, -0.25) is 4.98 Å². The molecule has 1 aliphatic rings. The normalized spacial score (nSPS) is 14.2. The fourth-order valence-corrected chi connectivity index (χ4v) is 4.85. The molecule has 0 N–H and O–H groups in total. The topological polar surface area (TPSA) is 61.0 Å². The lowest BCUT2D eigenvalue weighted by atomic mass is 10.0. The van der Waals surface area contributed by atoms with E-state index in [1.807, 2.05) is 13.0 Å². The highest BCUT2D eigenvalue weighted by molar-refractivity contribution is 5.64. The standard InChI is InChI=1S/C28H37N3O2/c1-5-7-8-11-14-32-26-19(3)15-23(17-21(26)6-2)27-30-28(33-31-27)24-16-20(4)29-25(18-24)22-12-9-10-13-22/h15-18,22H,5-14H2,1-4H3. The summed E-state index contributed by atoms with van der Waals surface area (Å²) in [6, 6.07) is 8.42. The number of pyridine rings is 1. The van der Waals surface area contributed by atoms with Gasteiger partial charge in [0.05, 0.1) is 6.61 Å². The number of hydrogen-bond donors (Lipinski definition) is 0. The molecule has 176 valence electrons. The van der Waals surface area contributed by atoms with Crippen molar-refractivity contribution in [1.82, 2.24) is 15.1 Å². The van der Waals surface area contributed by atoms with Crippen LogP contribution in [0.5, 0.6) is 5.75 Å². The Balaban J connectivity index is 1.55. The van der Waals surface area contributed by atoms with Gasteiger partial charge in [-0.25, -0.2) is 0 Å².